The van der Waals surface area contributed by atoms with Crippen LogP contribution in [0.15, 0.2) is 61.4 Å². The quantitative estimate of drug-likeness (QED) is 0.657. The smallest absolute Gasteiger partial charge is 0.251 e. The third-order valence-electron chi connectivity index (χ3n) is 3.71. The lowest BCUT2D eigenvalue weighted by molar-refractivity contribution is -0.126. The summed E-state index contributed by atoms with van der Waals surface area (Å²) in [6, 6.07) is 9.49. The zero-order valence-electron chi connectivity index (χ0n) is 15.8. The second kappa shape index (κ2) is 8.33. The molecule has 1 N–H and O–H groups in total. The molecule has 0 saturated heterocycles. The number of terminal acetylenes is 1. The van der Waals surface area contributed by atoms with Crippen LogP contribution >= 0.6 is 0 Å². The van der Waals surface area contributed by atoms with Crippen LogP contribution in [0.3, 0.4) is 0 Å². The highest BCUT2D eigenvalue weighted by molar-refractivity contribution is 6.06. The molecule has 2 aromatic rings. The number of benzene rings is 1. The summed E-state index contributed by atoms with van der Waals surface area (Å²) in [4.78, 5) is 31.4. The molecule has 2 amide bonds. The number of pyridine rings is 1. The number of amides is 2. The van der Waals surface area contributed by atoms with Crippen molar-refractivity contribution in [3.05, 3.63) is 72.6 Å². The lowest BCUT2D eigenvalue weighted by Gasteiger charge is -2.33. The largest absolute Gasteiger partial charge is 0.349 e. The monoisotopic (exact) mass is 361 g/mol. The third kappa shape index (κ3) is 5.05. The summed E-state index contributed by atoms with van der Waals surface area (Å²) in [7, 11) is 0. The fourth-order valence-corrected chi connectivity index (χ4v) is 2.64. The van der Waals surface area contributed by atoms with E-state index in [4.69, 9.17) is 6.42 Å². The Kier molecular flexibility index (Phi) is 6.15. The molecule has 0 aliphatic heterocycles. The van der Waals surface area contributed by atoms with Crippen LogP contribution in [0, 0.1) is 12.3 Å². The summed E-state index contributed by atoms with van der Waals surface area (Å²) >= 11 is 0. The Morgan fingerprint density at radius 2 is 2.04 bits per heavy atom. The van der Waals surface area contributed by atoms with E-state index >= 15 is 0 Å². The highest BCUT2D eigenvalue weighted by Gasteiger charge is 2.33. The summed E-state index contributed by atoms with van der Waals surface area (Å²) in [6.45, 7) is 9.22. The minimum Gasteiger partial charge on any atom is -0.349 e. The predicted molar refractivity (Wildman–Crippen MR) is 107 cm³/mol. The first-order valence-electron chi connectivity index (χ1n) is 8.51. The molecule has 0 aliphatic carbocycles. The van der Waals surface area contributed by atoms with Gasteiger partial charge in [0.2, 0.25) is 5.91 Å². The molecule has 1 aromatic carbocycles. The van der Waals surface area contributed by atoms with Gasteiger partial charge in [-0.2, -0.15) is 0 Å². The molecule has 1 atom stereocenters. The van der Waals surface area contributed by atoms with E-state index in [-0.39, 0.29) is 5.91 Å². The van der Waals surface area contributed by atoms with Crippen LogP contribution < -0.4 is 10.2 Å². The first-order chi connectivity index (χ1) is 12.8. The molecule has 138 valence electrons. The van der Waals surface area contributed by atoms with Crippen molar-refractivity contribution in [2.24, 2.45) is 0 Å². The summed E-state index contributed by atoms with van der Waals surface area (Å²) in [5, 5.41) is 2.94. The van der Waals surface area contributed by atoms with E-state index in [1.54, 1.807) is 48.8 Å². The van der Waals surface area contributed by atoms with Crippen molar-refractivity contribution in [1.82, 2.24) is 10.3 Å². The van der Waals surface area contributed by atoms with Gasteiger partial charge < -0.3 is 5.32 Å². The Hall–Kier alpha value is -3.39. The Bertz CT molecular complexity index is 876. The van der Waals surface area contributed by atoms with E-state index in [1.165, 1.54) is 11.0 Å². The van der Waals surface area contributed by atoms with E-state index < -0.39 is 17.5 Å². The van der Waals surface area contributed by atoms with Crippen molar-refractivity contribution in [2.75, 3.05) is 4.90 Å². The molecule has 0 fully saturated rings. The Morgan fingerprint density at radius 3 is 2.59 bits per heavy atom. The minimum absolute atomic E-state index is 0.322. The molecule has 5 nitrogen and oxygen atoms in total. The second-order valence-electron chi connectivity index (χ2n) is 7.04. The van der Waals surface area contributed by atoms with Gasteiger partial charge in [0.25, 0.3) is 5.91 Å². The number of nitrogens with one attached hydrogen (secondary N) is 1. The van der Waals surface area contributed by atoms with Gasteiger partial charge in [-0.3, -0.25) is 19.5 Å². The van der Waals surface area contributed by atoms with Gasteiger partial charge in [-0.1, -0.05) is 24.6 Å². The average molecular weight is 361 g/mol. The first kappa shape index (κ1) is 19.9. The van der Waals surface area contributed by atoms with E-state index in [1.807, 2.05) is 20.8 Å². The first-order valence-corrected chi connectivity index (χ1v) is 8.51. The fraction of sp³-hybridized carbons (Fsp3) is 0.227. The van der Waals surface area contributed by atoms with E-state index in [0.29, 0.717) is 16.8 Å². The highest BCUT2D eigenvalue weighted by Crippen LogP contribution is 2.29. The lowest BCUT2D eigenvalue weighted by Crippen LogP contribution is -2.49. The molecule has 1 heterocycles. The fourth-order valence-electron chi connectivity index (χ4n) is 2.64. The molecule has 1 unspecified atom stereocenters. The van der Waals surface area contributed by atoms with Crippen LogP contribution in [0.4, 0.5) is 5.69 Å². The van der Waals surface area contributed by atoms with Crippen LogP contribution in [0.1, 0.15) is 37.9 Å². The van der Waals surface area contributed by atoms with Crippen molar-refractivity contribution in [1.29, 1.82) is 0 Å². The van der Waals surface area contributed by atoms with E-state index in [2.05, 4.69) is 22.8 Å². The average Bonchev–Trinajstić information content (AvgIpc) is 2.64. The van der Waals surface area contributed by atoms with E-state index in [9.17, 15) is 9.59 Å². The maximum atomic E-state index is 13.1. The topological polar surface area (TPSA) is 62.3 Å². The zero-order valence-corrected chi connectivity index (χ0v) is 15.8. The molecule has 27 heavy (non-hydrogen) atoms. The molecule has 2 rings (SSSR count). The van der Waals surface area contributed by atoms with Crippen LogP contribution in [-0.2, 0) is 9.59 Å². The third-order valence-corrected chi connectivity index (χ3v) is 3.71. The standard InChI is InChI=1S/C22H23N3O2/c1-6-16-10-8-12-18(14-16)25(19(26)7-2)20(17-11-9-13-23-15-17)21(27)24-22(3,4)5/h1,7-15,20H,2H2,3-5H3,(H,24,27). The number of nitrogens with zero attached hydrogens (tertiary/aromatic N) is 2. The number of anilines is 1. The van der Waals surface area contributed by atoms with Crippen LogP contribution in [0.5, 0.6) is 0 Å². The van der Waals surface area contributed by atoms with Gasteiger partial charge in [-0.05, 0) is 51.1 Å². The highest BCUT2D eigenvalue weighted by atomic mass is 16.2. The summed E-state index contributed by atoms with van der Waals surface area (Å²) < 4.78 is 0. The number of rotatable bonds is 5. The molecular formula is C22H23N3O2. The van der Waals surface area contributed by atoms with Crippen molar-refractivity contribution >= 4 is 17.5 Å². The van der Waals surface area contributed by atoms with Crippen molar-refractivity contribution in [3.8, 4) is 12.3 Å². The SMILES string of the molecule is C#Cc1cccc(N(C(=O)C=C)C(C(=O)NC(C)(C)C)c2cccnc2)c1. The van der Waals surface area contributed by atoms with Gasteiger partial charge in [0.15, 0.2) is 0 Å². The molecular weight excluding hydrogens is 338 g/mol. The van der Waals surface area contributed by atoms with Gasteiger partial charge in [0.05, 0.1) is 0 Å². The maximum absolute atomic E-state index is 13.1. The number of hydrogen-bond acceptors (Lipinski definition) is 3. The van der Waals surface area contributed by atoms with Gasteiger partial charge in [0.1, 0.15) is 6.04 Å². The molecule has 0 radical (unpaired) electrons. The van der Waals surface area contributed by atoms with Gasteiger partial charge in [-0.15, -0.1) is 6.42 Å². The molecule has 1 aromatic heterocycles. The summed E-state index contributed by atoms with van der Waals surface area (Å²) in [5.74, 6) is 1.81. The van der Waals surface area contributed by atoms with Crippen molar-refractivity contribution < 1.29 is 9.59 Å². The molecule has 0 bridgehead atoms. The zero-order chi connectivity index (χ0) is 20.0. The second-order valence-corrected chi connectivity index (χ2v) is 7.04. The minimum atomic E-state index is -0.920. The molecule has 0 spiro atoms. The van der Waals surface area contributed by atoms with Crippen molar-refractivity contribution in [3.63, 3.8) is 0 Å². The number of aromatic nitrogens is 1. The normalized spacial score (nSPS) is 11.8. The molecule has 5 heteroatoms. The molecule has 0 saturated carbocycles. The van der Waals surface area contributed by atoms with E-state index in [0.717, 1.165) is 0 Å². The van der Waals surface area contributed by atoms with Crippen molar-refractivity contribution in [2.45, 2.75) is 32.4 Å². The Morgan fingerprint density at radius 1 is 1.30 bits per heavy atom. The van der Waals surface area contributed by atoms with Crippen LogP contribution in [0.25, 0.3) is 0 Å². The summed E-state index contributed by atoms with van der Waals surface area (Å²) in [6.07, 6.45) is 9.85. The summed E-state index contributed by atoms with van der Waals surface area (Å²) in [5.41, 5.74) is 1.23. The van der Waals surface area contributed by atoms with Gasteiger partial charge >= 0.3 is 0 Å². The lowest BCUT2D eigenvalue weighted by atomic mass is 10.0. The Balaban J connectivity index is 2.63. The number of carbonyl (C=O) groups is 2. The van der Waals surface area contributed by atoms with Crippen LogP contribution in [0.2, 0.25) is 0 Å². The van der Waals surface area contributed by atoms with Gasteiger partial charge in [-0.25, -0.2) is 0 Å². The van der Waals surface area contributed by atoms with Gasteiger partial charge in [0, 0.05) is 34.7 Å². The Labute approximate surface area is 160 Å². The molecule has 0 aliphatic rings. The number of hydrogen-bond donors (Lipinski definition) is 1. The predicted octanol–water partition coefficient (Wildman–Crippen LogP) is 3.24. The maximum Gasteiger partial charge on any atom is 0.251 e. The van der Waals surface area contributed by atoms with Crippen LogP contribution in [-0.4, -0.2) is 22.3 Å². The number of carbonyl (C=O) groups excluding carboxylic acids is 2.